The van der Waals surface area contributed by atoms with Crippen molar-refractivity contribution in [2.24, 2.45) is 0 Å². The Balaban J connectivity index is 1.54. The van der Waals surface area contributed by atoms with Gasteiger partial charge in [-0.2, -0.15) is 0 Å². The van der Waals surface area contributed by atoms with Crippen LogP contribution in [0, 0.1) is 0 Å². The average molecular weight is 418 g/mol. The smallest absolute Gasteiger partial charge is 0.255 e. The molecule has 1 aromatic heterocycles. The van der Waals surface area contributed by atoms with Crippen LogP contribution in [0.2, 0.25) is 0 Å². The van der Waals surface area contributed by atoms with E-state index in [1.807, 2.05) is 30.3 Å². The van der Waals surface area contributed by atoms with Crippen LogP contribution >= 0.6 is 0 Å². The monoisotopic (exact) mass is 418 g/mol. The van der Waals surface area contributed by atoms with E-state index in [0.717, 1.165) is 16.8 Å². The standard InChI is InChI=1S/C23H22N4O4/c1-29-18-6-4-5-15(11-18)14-27-20-9-7-16(12-19(20)25-26-27)23(28)24-17-8-10-21(30-2)22(13-17)31-3/h4-13H,14H2,1-3H3,(H,24,28). The normalized spacial score (nSPS) is 10.7. The number of amides is 1. The fourth-order valence-electron chi connectivity index (χ4n) is 3.29. The number of fused-ring (bicyclic) bond motifs is 1. The van der Waals surface area contributed by atoms with Gasteiger partial charge >= 0.3 is 0 Å². The average Bonchev–Trinajstić information content (AvgIpc) is 3.20. The maximum absolute atomic E-state index is 12.7. The molecule has 4 rings (SSSR count). The molecule has 8 heteroatoms. The van der Waals surface area contributed by atoms with Gasteiger partial charge in [-0.25, -0.2) is 4.68 Å². The number of ether oxygens (including phenoxy) is 3. The van der Waals surface area contributed by atoms with Crippen LogP contribution in [-0.4, -0.2) is 42.2 Å². The first-order valence-electron chi connectivity index (χ1n) is 9.61. The number of methoxy groups -OCH3 is 3. The zero-order chi connectivity index (χ0) is 21.8. The molecule has 0 atom stereocenters. The minimum atomic E-state index is -0.253. The van der Waals surface area contributed by atoms with Gasteiger partial charge in [0.25, 0.3) is 5.91 Å². The summed E-state index contributed by atoms with van der Waals surface area (Å²) in [5, 5.41) is 11.3. The molecule has 158 valence electrons. The third kappa shape index (κ3) is 4.28. The number of nitrogens with one attached hydrogen (secondary N) is 1. The third-order valence-electron chi connectivity index (χ3n) is 4.88. The quantitative estimate of drug-likeness (QED) is 0.492. The predicted molar refractivity (Wildman–Crippen MR) is 117 cm³/mol. The Hall–Kier alpha value is -4.07. The SMILES string of the molecule is COc1cccc(Cn2nnc3cc(C(=O)Nc4ccc(OC)c(OC)c4)ccc32)c1. The van der Waals surface area contributed by atoms with E-state index in [2.05, 4.69) is 15.6 Å². The van der Waals surface area contributed by atoms with E-state index in [-0.39, 0.29) is 5.91 Å². The second-order valence-corrected chi connectivity index (χ2v) is 6.83. The molecule has 0 bridgehead atoms. The van der Waals surface area contributed by atoms with Gasteiger partial charge in [-0.05, 0) is 48.0 Å². The molecule has 0 aliphatic rings. The van der Waals surface area contributed by atoms with Crippen molar-refractivity contribution in [1.29, 1.82) is 0 Å². The van der Waals surface area contributed by atoms with E-state index in [1.165, 1.54) is 0 Å². The lowest BCUT2D eigenvalue weighted by atomic mass is 10.1. The highest BCUT2D eigenvalue weighted by molar-refractivity contribution is 6.06. The van der Waals surface area contributed by atoms with Crippen molar-refractivity contribution in [3.63, 3.8) is 0 Å². The van der Waals surface area contributed by atoms with Crippen molar-refractivity contribution >= 4 is 22.6 Å². The molecule has 0 aliphatic heterocycles. The van der Waals surface area contributed by atoms with Crippen molar-refractivity contribution in [2.75, 3.05) is 26.6 Å². The van der Waals surface area contributed by atoms with Crippen LogP contribution in [0.3, 0.4) is 0 Å². The number of nitrogens with zero attached hydrogens (tertiary/aromatic N) is 3. The van der Waals surface area contributed by atoms with E-state index in [0.29, 0.717) is 34.8 Å². The van der Waals surface area contributed by atoms with Crippen LogP contribution < -0.4 is 19.5 Å². The topological polar surface area (TPSA) is 87.5 Å². The number of rotatable bonds is 7. The van der Waals surface area contributed by atoms with Crippen LogP contribution in [0.5, 0.6) is 17.2 Å². The molecule has 8 nitrogen and oxygen atoms in total. The number of aromatic nitrogens is 3. The lowest BCUT2D eigenvalue weighted by Crippen LogP contribution is -2.12. The van der Waals surface area contributed by atoms with Crippen molar-refractivity contribution in [1.82, 2.24) is 15.0 Å². The molecular weight excluding hydrogens is 396 g/mol. The molecular formula is C23H22N4O4. The minimum absolute atomic E-state index is 0.253. The van der Waals surface area contributed by atoms with Gasteiger partial charge in [-0.1, -0.05) is 17.3 Å². The van der Waals surface area contributed by atoms with E-state index >= 15 is 0 Å². The van der Waals surface area contributed by atoms with Gasteiger partial charge in [0.15, 0.2) is 11.5 Å². The van der Waals surface area contributed by atoms with Gasteiger partial charge in [-0.15, -0.1) is 5.10 Å². The molecule has 0 unspecified atom stereocenters. The summed E-state index contributed by atoms with van der Waals surface area (Å²) in [6, 6.07) is 18.3. The zero-order valence-electron chi connectivity index (χ0n) is 17.5. The zero-order valence-corrected chi connectivity index (χ0v) is 17.5. The van der Waals surface area contributed by atoms with E-state index < -0.39 is 0 Å². The summed E-state index contributed by atoms with van der Waals surface area (Å²) in [6.45, 7) is 0.547. The molecule has 1 N–H and O–H groups in total. The Bertz CT molecular complexity index is 1240. The van der Waals surface area contributed by atoms with Gasteiger partial charge in [0.1, 0.15) is 11.3 Å². The van der Waals surface area contributed by atoms with Gasteiger partial charge in [0, 0.05) is 17.3 Å². The Morgan fingerprint density at radius 1 is 0.935 bits per heavy atom. The first-order valence-corrected chi connectivity index (χ1v) is 9.61. The Kier molecular flexibility index (Phi) is 5.70. The Labute approximate surface area is 179 Å². The first-order chi connectivity index (χ1) is 15.1. The first kappa shape index (κ1) is 20.2. The molecule has 3 aromatic carbocycles. The Morgan fingerprint density at radius 2 is 1.77 bits per heavy atom. The summed E-state index contributed by atoms with van der Waals surface area (Å²) in [5.41, 5.74) is 3.61. The summed E-state index contributed by atoms with van der Waals surface area (Å²) in [4.78, 5) is 12.7. The van der Waals surface area contributed by atoms with Crippen molar-refractivity contribution in [3.05, 3.63) is 71.8 Å². The second-order valence-electron chi connectivity index (χ2n) is 6.83. The largest absolute Gasteiger partial charge is 0.497 e. The van der Waals surface area contributed by atoms with E-state index in [9.17, 15) is 4.79 Å². The number of carbonyl (C=O) groups excluding carboxylic acids is 1. The lowest BCUT2D eigenvalue weighted by Gasteiger charge is -2.10. The number of benzene rings is 3. The maximum atomic E-state index is 12.7. The van der Waals surface area contributed by atoms with Crippen LogP contribution in [0.15, 0.2) is 60.7 Å². The number of anilines is 1. The molecule has 1 heterocycles. The van der Waals surface area contributed by atoms with Crippen LogP contribution in [0.25, 0.3) is 11.0 Å². The number of carbonyl (C=O) groups is 1. The minimum Gasteiger partial charge on any atom is -0.497 e. The van der Waals surface area contributed by atoms with Gasteiger partial charge in [-0.3, -0.25) is 4.79 Å². The summed E-state index contributed by atoms with van der Waals surface area (Å²) in [5.74, 6) is 1.67. The molecule has 0 fully saturated rings. The Morgan fingerprint density at radius 3 is 2.55 bits per heavy atom. The maximum Gasteiger partial charge on any atom is 0.255 e. The molecule has 4 aromatic rings. The summed E-state index contributed by atoms with van der Waals surface area (Å²) >= 11 is 0. The summed E-state index contributed by atoms with van der Waals surface area (Å²) in [6.07, 6.45) is 0. The lowest BCUT2D eigenvalue weighted by molar-refractivity contribution is 0.102. The van der Waals surface area contributed by atoms with Gasteiger partial charge in [0.05, 0.1) is 33.4 Å². The molecule has 0 aliphatic carbocycles. The van der Waals surface area contributed by atoms with Gasteiger partial charge < -0.3 is 19.5 Å². The van der Waals surface area contributed by atoms with Crippen molar-refractivity contribution in [3.8, 4) is 17.2 Å². The third-order valence-corrected chi connectivity index (χ3v) is 4.88. The molecule has 0 spiro atoms. The highest BCUT2D eigenvalue weighted by Gasteiger charge is 2.13. The molecule has 1 amide bonds. The van der Waals surface area contributed by atoms with Gasteiger partial charge in [0.2, 0.25) is 0 Å². The van der Waals surface area contributed by atoms with E-state index in [1.54, 1.807) is 56.3 Å². The summed E-state index contributed by atoms with van der Waals surface area (Å²) < 4.78 is 17.6. The number of hydrogen-bond donors (Lipinski definition) is 1. The highest BCUT2D eigenvalue weighted by atomic mass is 16.5. The molecule has 0 saturated carbocycles. The molecule has 0 radical (unpaired) electrons. The van der Waals surface area contributed by atoms with Crippen LogP contribution in [0.1, 0.15) is 15.9 Å². The fraction of sp³-hybridized carbons (Fsp3) is 0.174. The molecule has 31 heavy (non-hydrogen) atoms. The van der Waals surface area contributed by atoms with Crippen LogP contribution in [-0.2, 0) is 6.54 Å². The fourth-order valence-corrected chi connectivity index (χ4v) is 3.29. The summed E-state index contributed by atoms with van der Waals surface area (Å²) in [7, 11) is 4.75. The van der Waals surface area contributed by atoms with Crippen LogP contribution in [0.4, 0.5) is 5.69 Å². The highest BCUT2D eigenvalue weighted by Crippen LogP contribution is 2.30. The van der Waals surface area contributed by atoms with Crippen molar-refractivity contribution in [2.45, 2.75) is 6.54 Å². The predicted octanol–water partition coefficient (Wildman–Crippen LogP) is 3.76. The molecule has 0 saturated heterocycles. The second kappa shape index (κ2) is 8.74. The number of hydrogen-bond acceptors (Lipinski definition) is 6. The van der Waals surface area contributed by atoms with E-state index in [4.69, 9.17) is 14.2 Å². The van der Waals surface area contributed by atoms with Crippen molar-refractivity contribution < 1.29 is 19.0 Å².